The van der Waals surface area contributed by atoms with E-state index in [1.54, 1.807) is 24.3 Å². The maximum absolute atomic E-state index is 12.5. The molecular weight excluding hydrogens is 434 g/mol. The van der Waals surface area contributed by atoms with Gasteiger partial charge in [0.05, 0.1) is 5.56 Å². The lowest BCUT2D eigenvalue weighted by atomic mass is 9.77. The van der Waals surface area contributed by atoms with Crippen LogP contribution in [-0.4, -0.2) is 31.1 Å². The quantitative estimate of drug-likeness (QED) is 0.385. The summed E-state index contributed by atoms with van der Waals surface area (Å²) in [6.45, 7) is 0. The largest absolute Gasteiger partial charge is 0.508 e. The van der Waals surface area contributed by atoms with E-state index < -0.39 is 11.6 Å². The molecule has 4 aromatic rings. The lowest BCUT2D eigenvalue weighted by Gasteiger charge is -2.36. The molecule has 3 heterocycles. The first-order valence-electron chi connectivity index (χ1n) is 9.44. The third-order valence-corrected chi connectivity index (χ3v) is 5.34. The lowest BCUT2D eigenvalue weighted by Crippen LogP contribution is -2.32. The van der Waals surface area contributed by atoms with Gasteiger partial charge in [0.25, 0.3) is 0 Å². The van der Waals surface area contributed by atoms with Crippen LogP contribution in [0.15, 0.2) is 73.3 Å². The fourth-order valence-corrected chi connectivity index (χ4v) is 3.97. The first-order chi connectivity index (χ1) is 15.5. The van der Waals surface area contributed by atoms with Crippen LogP contribution in [0.2, 0.25) is 5.28 Å². The number of phenolic OH excluding ortho intramolecular Hbond substituents is 2. The summed E-state index contributed by atoms with van der Waals surface area (Å²) in [4.78, 5) is 23.1. The van der Waals surface area contributed by atoms with Gasteiger partial charge in [-0.3, -0.25) is 0 Å². The third-order valence-electron chi connectivity index (χ3n) is 5.14. The maximum atomic E-state index is 12.5. The zero-order valence-corrected chi connectivity index (χ0v) is 17.0. The number of phenols is 2. The van der Waals surface area contributed by atoms with Gasteiger partial charge in [-0.1, -0.05) is 18.2 Å². The average Bonchev–Trinajstić information content (AvgIpc) is 3.08. The molecule has 158 valence electrons. The van der Waals surface area contributed by atoms with Crippen LogP contribution in [0.5, 0.6) is 23.0 Å². The molecule has 0 saturated carbocycles. The second kappa shape index (κ2) is 7.51. The fraction of sp³-hybridized carbons (Fsp3) is 0.0435. The van der Waals surface area contributed by atoms with E-state index >= 15 is 0 Å². The van der Waals surface area contributed by atoms with Crippen molar-refractivity contribution in [3.63, 3.8) is 0 Å². The lowest BCUT2D eigenvalue weighted by molar-refractivity contribution is 0.0224. The van der Waals surface area contributed by atoms with Crippen LogP contribution in [0, 0.1) is 0 Å². The molecule has 0 amide bonds. The van der Waals surface area contributed by atoms with Crippen molar-refractivity contribution in [2.24, 2.45) is 0 Å². The highest BCUT2D eigenvalue weighted by Gasteiger charge is 2.53. The molecule has 0 atom stereocenters. The van der Waals surface area contributed by atoms with Gasteiger partial charge in [-0.15, -0.1) is 0 Å². The van der Waals surface area contributed by atoms with Crippen LogP contribution in [-0.2, 0) is 10.3 Å². The Bertz CT molecular complexity index is 1300. The van der Waals surface area contributed by atoms with Crippen LogP contribution in [0.1, 0.15) is 27.0 Å². The van der Waals surface area contributed by atoms with Crippen molar-refractivity contribution in [3.8, 4) is 23.0 Å². The van der Waals surface area contributed by atoms with Gasteiger partial charge in [0.1, 0.15) is 35.7 Å². The van der Waals surface area contributed by atoms with Gasteiger partial charge in [0.2, 0.25) is 5.28 Å². The minimum absolute atomic E-state index is 0.0371. The number of fused-ring (bicyclic) bond motifs is 6. The first-order valence-corrected chi connectivity index (χ1v) is 9.82. The Balaban J connectivity index is 0.000000265. The molecule has 2 aliphatic heterocycles. The summed E-state index contributed by atoms with van der Waals surface area (Å²) in [5, 5.41) is 19.9. The molecule has 2 N–H and O–H groups in total. The normalized spacial score (nSPS) is 14.2. The number of hydrogen-bond acceptors (Lipinski definition) is 8. The van der Waals surface area contributed by atoms with E-state index in [9.17, 15) is 15.0 Å². The van der Waals surface area contributed by atoms with Crippen LogP contribution < -0.4 is 4.74 Å². The number of ether oxygens (including phenoxy) is 2. The van der Waals surface area contributed by atoms with E-state index in [0.717, 1.165) is 0 Å². The number of aromatic nitrogens is 3. The topological polar surface area (TPSA) is 115 Å². The predicted octanol–water partition coefficient (Wildman–Crippen LogP) is 4.19. The van der Waals surface area contributed by atoms with E-state index in [1.165, 1.54) is 36.9 Å². The first kappa shape index (κ1) is 19.8. The van der Waals surface area contributed by atoms with Gasteiger partial charge in [0, 0.05) is 28.8 Å². The van der Waals surface area contributed by atoms with Gasteiger partial charge in [-0.2, -0.15) is 0 Å². The van der Waals surface area contributed by atoms with Crippen LogP contribution in [0.4, 0.5) is 0 Å². The summed E-state index contributed by atoms with van der Waals surface area (Å²) in [6, 6.07) is 16.6. The summed E-state index contributed by atoms with van der Waals surface area (Å²) in [5.74, 6) is 0.408. The molecule has 6 rings (SSSR count). The molecule has 0 bridgehead atoms. The fourth-order valence-electron chi connectivity index (χ4n) is 3.88. The Hall–Kier alpha value is -4.17. The number of nitrogens with zero attached hydrogens (tertiary/aromatic N) is 3. The zero-order valence-electron chi connectivity index (χ0n) is 16.3. The molecule has 0 radical (unpaired) electrons. The van der Waals surface area contributed by atoms with E-state index in [-0.39, 0.29) is 16.8 Å². The zero-order chi connectivity index (χ0) is 22.3. The molecule has 3 aromatic carbocycles. The number of aromatic hydroxyl groups is 2. The molecular formula is C23H14ClN3O5. The van der Waals surface area contributed by atoms with E-state index in [4.69, 9.17) is 21.1 Å². The minimum atomic E-state index is -1.17. The number of carbonyl (C=O) groups excluding carboxylic acids is 1. The number of halogens is 1. The van der Waals surface area contributed by atoms with Gasteiger partial charge >= 0.3 is 5.97 Å². The van der Waals surface area contributed by atoms with Crippen molar-refractivity contribution < 1.29 is 24.5 Å². The summed E-state index contributed by atoms with van der Waals surface area (Å²) >= 11 is 5.28. The number of rotatable bonds is 0. The standard InChI is InChI=1S/C20H12O5.C3H2ClN3/c21-11-5-7-15-17(9-11)24-18-10-12(22)6-8-16(18)20(15)14-4-2-1-3-13(14)19(23)25-20;4-3-6-1-5-2-7-3/h1-10,21-22H;1-2H. The second-order valence-corrected chi connectivity index (χ2v) is 7.32. The van der Waals surface area contributed by atoms with Gasteiger partial charge in [0.15, 0.2) is 5.60 Å². The summed E-state index contributed by atoms with van der Waals surface area (Å²) in [6.07, 6.45) is 2.69. The molecule has 2 aliphatic rings. The Labute approximate surface area is 186 Å². The van der Waals surface area contributed by atoms with Crippen molar-refractivity contribution in [2.45, 2.75) is 5.60 Å². The highest BCUT2D eigenvalue weighted by atomic mass is 35.5. The molecule has 0 fully saturated rings. The molecule has 32 heavy (non-hydrogen) atoms. The third kappa shape index (κ3) is 3.09. The van der Waals surface area contributed by atoms with Crippen LogP contribution >= 0.6 is 11.6 Å². The van der Waals surface area contributed by atoms with Crippen molar-refractivity contribution in [2.75, 3.05) is 0 Å². The molecule has 1 spiro atoms. The Morgan fingerprint density at radius 3 is 1.97 bits per heavy atom. The Morgan fingerprint density at radius 2 is 1.41 bits per heavy atom. The van der Waals surface area contributed by atoms with Crippen molar-refractivity contribution in [1.29, 1.82) is 0 Å². The van der Waals surface area contributed by atoms with E-state index in [2.05, 4.69) is 15.0 Å². The monoisotopic (exact) mass is 447 g/mol. The highest BCUT2D eigenvalue weighted by molar-refractivity contribution is 6.28. The highest BCUT2D eigenvalue weighted by Crippen LogP contribution is 2.56. The predicted molar refractivity (Wildman–Crippen MR) is 113 cm³/mol. The molecule has 0 aliphatic carbocycles. The molecule has 1 aromatic heterocycles. The second-order valence-electron chi connectivity index (χ2n) is 6.99. The van der Waals surface area contributed by atoms with Gasteiger partial charge in [-0.25, -0.2) is 19.7 Å². The summed E-state index contributed by atoms with van der Waals surface area (Å²) in [7, 11) is 0. The minimum Gasteiger partial charge on any atom is -0.508 e. The Morgan fingerprint density at radius 1 is 0.812 bits per heavy atom. The number of benzene rings is 3. The SMILES string of the molecule is Clc1ncncn1.O=C1OC2(c3ccc(O)cc3Oc3cc(O)ccc32)c2ccccc21. The Kier molecular flexibility index (Phi) is 4.64. The molecule has 8 nitrogen and oxygen atoms in total. The van der Waals surface area contributed by atoms with Crippen molar-refractivity contribution in [3.05, 3.63) is 101 Å². The van der Waals surface area contributed by atoms with Crippen LogP contribution in [0.3, 0.4) is 0 Å². The van der Waals surface area contributed by atoms with Gasteiger partial charge < -0.3 is 19.7 Å². The number of esters is 1. The summed E-state index contributed by atoms with van der Waals surface area (Å²) < 4.78 is 11.8. The number of hydrogen-bond donors (Lipinski definition) is 2. The smallest absolute Gasteiger partial charge is 0.340 e. The van der Waals surface area contributed by atoms with Crippen molar-refractivity contribution >= 4 is 17.6 Å². The number of carbonyl (C=O) groups is 1. The average molecular weight is 448 g/mol. The van der Waals surface area contributed by atoms with Crippen molar-refractivity contribution in [1.82, 2.24) is 15.0 Å². The maximum Gasteiger partial charge on any atom is 0.340 e. The summed E-state index contributed by atoms with van der Waals surface area (Å²) in [5.41, 5.74) is 1.28. The van der Waals surface area contributed by atoms with E-state index in [1.807, 2.05) is 12.1 Å². The van der Waals surface area contributed by atoms with Crippen LogP contribution in [0.25, 0.3) is 0 Å². The van der Waals surface area contributed by atoms with Gasteiger partial charge in [-0.05, 0) is 41.9 Å². The molecule has 0 saturated heterocycles. The molecule has 0 unspecified atom stereocenters. The van der Waals surface area contributed by atoms with E-state index in [0.29, 0.717) is 33.8 Å². The molecule has 9 heteroatoms.